The van der Waals surface area contributed by atoms with Gasteiger partial charge in [-0.15, -0.1) is 0 Å². The van der Waals surface area contributed by atoms with Crippen LogP contribution >= 0.6 is 15.9 Å². The predicted molar refractivity (Wildman–Crippen MR) is 126 cm³/mol. The maximum Gasteiger partial charge on any atom is 0.339 e. The zero-order valence-electron chi connectivity index (χ0n) is 18.8. The van der Waals surface area contributed by atoms with Crippen LogP contribution in [0.1, 0.15) is 50.2 Å². The molecule has 2 amide bonds. The summed E-state index contributed by atoms with van der Waals surface area (Å²) in [7, 11) is 0. The third-order valence-corrected chi connectivity index (χ3v) is 5.49. The zero-order valence-corrected chi connectivity index (χ0v) is 20.4. The molecule has 0 unspecified atom stereocenters. The second-order valence-electron chi connectivity index (χ2n) is 7.78. The minimum Gasteiger partial charge on any atom is -0.459 e. The highest BCUT2D eigenvalue weighted by Gasteiger charge is 2.35. The van der Waals surface area contributed by atoms with Gasteiger partial charge in [-0.05, 0) is 69.2 Å². The van der Waals surface area contributed by atoms with E-state index < -0.39 is 17.8 Å². The van der Waals surface area contributed by atoms with Crippen LogP contribution in [0, 0.1) is 11.3 Å². The number of nitriles is 1. The number of esters is 1. The molecule has 2 aromatic rings. The molecule has 0 saturated carbocycles. The van der Waals surface area contributed by atoms with Crippen molar-refractivity contribution >= 4 is 39.8 Å². The maximum atomic E-state index is 12.9. The molecular formula is C25H23BrN2O5. The van der Waals surface area contributed by atoms with Crippen molar-refractivity contribution in [2.45, 2.75) is 40.2 Å². The summed E-state index contributed by atoms with van der Waals surface area (Å²) in [5.41, 5.74) is 1.34. The van der Waals surface area contributed by atoms with E-state index in [0.29, 0.717) is 39.1 Å². The van der Waals surface area contributed by atoms with E-state index in [1.54, 1.807) is 51.1 Å². The van der Waals surface area contributed by atoms with Gasteiger partial charge in [-0.1, -0.05) is 22.9 Å². The second-order valence-corrected chi connectivity index (χ2v) is 8.69. The normalized spacial score (nSPS) is 15.4. The lowest BCUT2D eigenvalue weighted by Crippen LogP contribution is -2.43. The number of hydrogen-bond acceptors (Lipinski definition) is 6. The van der Waals surface area contributed by atoms with Crippen molar-refractivity contribution in [2.24, 2.45) is 0 Å². The fourth-order valence-corrected chi connectivity index (χ4v) is 3.81. The summed E-state index contributed by atoms with van der Waals surface area (Å²) in [6.45, 7) is 7.18. The summed E-state index contributed by atoms with van der Waals surface area (Å²) in [5, 5.41) is 9.44. The molecule has 0 spiro atoms. The van der Waals surface area contributed by atoms with Crippen molar-refractivity contribution in [3.8, 4) is 17.4 Å². The van der Waals surface area contributed by atoms with Crippen molar-refractivity contribution in [3.63, 3.8) is 0 Å². The lowest BCUT2D eigenvalue weighted by atomic mass is 9.94. The van der Waals surface area contributed by atoms with Gasteiger partial charge < -0.3 is 9.15 Å². The standard InChI is InChI=1S/C25H23BrN2O5/c1-5-10-28-23(29)19(15(4)21(13-27)24(28)30)12-17-7-9-22(33-17)18-8-6-16(26)11-20(18)25(31)32-14(2)3/h6-9,11-12,14H,5,10H2,1-4H3/b19-12+. The van der Waals surface area contributed by atoms with E-state index in [0.717, 1.165) is 4.90 Å². The average Bonchev–Trinajstić information content (AvgIpc) is 3.22. The van der Waals surface area contributed by atoms with E-state index in [4.69, 9.17) is 9.15 Å². The Morgan fingerprint density at radius 2 is 1.97 bits per heavy atom. The molecule has 33 heavy (non-hydrogen) atoms. The van der Waals surface area contributed by atoms with Crippen molar-refractivity contribution in [1.29, 1.82) is 5.26 Å². The van der Waals surface area contributed by atoms with Crippen molar-refractivity contribution < 1.29 is 23.5 Å². The molecule has 0 fully saturated rings. The summed E-state index contributed by atoms with van der Waals surface area (Å²) in [5.74, 6) is -0.770. The van der Waals surface area contributed by atoms with Gasteiger partial charge in [-0.25, -0.2) is 4.79 Å². The average molecular weight is 511 g/mol. The first-order valence-corrected chi connectivity index (χ1v) is 11.3. The number of carbonyl (C=O) groups is 3. The first-order chi connectivity index (χ1) is 15.7. The fourth-order valence-electron chi connectivity index (χ4n) is 3.45. The Morgan fingerprint density at radius 3 is 2.61 bits per heavy atom. The molecule has 0 bridgehead atoms. The highest BCUT2D eigenvalue weighted by atomic mass is 79.9. The molecule has 7 nitrogen and oxygen atoms in total. The molecular weight excluding hydrogens is 488 g/mol. The van der Waals surface area contributed by atoms with Crippen LogP contribution in [0.25, 0.3) is 17.4 Å². The number of ether oxygens (including phenoxy) is 1. The molecule has 8 heteroatoms. The van der Waals surface area contributed by atoms with Gasteiger partial charge in [0.2, 0.25) is 0 Å². The van der Waals surface area contributed by atoms with E-state index in [-0.39, 0.29) is 23.8 Å². The van der Waals surface area contributed by atoms with E-state index >= 15 is 0 Å². The lowest BCUT2D eigenvalue weighted by molar-refractivity contribution is -0.140. The van der Waals surface area contributed by atoms with Crippen LogP contribution in [0.4, 0.5) is 0 Å². The Hall–Kier alpha value is -3.44. The van der Waals surface area contributed by atoms with Gasteiger partial charge in [0.05, 0.1) is 11.7 Å². The summed E-state index contributed by atoms with van der Waals surface area (Å²) in [4.78, 5) is 39.1. The second kappa shape index (κ2) is 10.0. The fraction of sp³-hybridized carbons (Fsp3) is 0.280. The summed E-state index contributed by atoms with van der Waals surface area (Å²) < 4.78 is 12.0. The molecule has 2 heterocycles. The number of imide groups is 1. The molecule has 170 valence electrons. The molecule has 1 aromatic heterocycles. The van der Waals surface area contributed by atoms with Crippen LogP contribution in [0.3, 0.4) is 0 Å². The number of benzene rings is 1. The zero-order chi connectivity index (χ0) is 24.3. The van der Waals surface area contributed by atoms with Gasteiger partial charge in [-0.2, -0.15) is 5.26 Å². The number of furan rings is 1. The highest BCUT2D eigenvalue weighted by molar-refractivity contribution is 9.10. The Morgan fingerprint density at radius 1 is 1.24 bits per heavy atom. The quantitative estimate of drug-likeness (QED) is 0.297. The Kier molecular flexibility index (Phi) is 7.34. The van der Waals surface area contributed by atoms with E-state index in [1.807, 2.05) is 13.0 Å². The monoisotopic (exact) mass is 510 g/mol. The molecule has 1 aliphatic heterocycles. The minimum absolute atomic E-state index is 0.0623. The van der Waals surface area contributed by atoms with Gasteiger partial charge >= 0.3 is 5.97 Å². The Balaban J connectivity index is 2.04. The number of rotatable bonds is 6. The molecule has 0 radical (unpaired) electrons. The van der Waals surface area contributed by atoms with Crippen LogP contribution in [-0.4, -0.2) is 35.3 Å². The molecule has 3 rings (SSSR count). The topological polar surface area (TPSA) is 101 Å². The third-order valence-electron chi connectivity index (χ3n) is 5.00. The third kappa shape index (κ3) is 4.99. The van der Waals surface area contributed by atoms with Crippen molar-refractivity contribution in [3.05, 3.63) is 62.8 Å². The van der Waals surface area contributed by atoms with E-state index in [1.165, 1.54) is 6.08 Å². The number of nitrogens with zero attached hydrogens (tertiary/aromatic N) is 2. The summed E-state index contributed by atoms with van der Waals surface area (Å²) in [6.07, 6.45) is 1.81. The first kappa shape index (κ1) is 24.2. The smallest absolute Gasteiger partial charge is 0.339 e. The predicted octanol–water partition coefficient (Wildman–Crippen LogP) is 5.28. The Labute approximate surface area is 200 Å². The molecule has 1 aliphatic rings. The van der Waals surface area contributed by atoms with Gasteiger partial charge in [0, 0.05) is 22.2 Å². The van der Waals surface area contributed by atoms with Crippen molar-refractivity contribution in [1.82, 2.24) is 4.90 Å². The van der Waals surface area contributed by atoms with Crippen LogP contribution in [0.5, 0.6) is 0 Å². The molecule has 0 atom stereocenters. The molecule has 0 N–H and O–H groups in total. The first-order valence-electron chi connectivity index (χ1n) is 10.5. The number of halogens is 1. The van der Waals surface area contributed by atoms with Crippen LogP contribution in [-0.2, 0) is 14.3 Å². The van der Waals surface area contributed by atoms with Gasteiger partial charge in [-0.3, -0.25) is 14.5 Å². The maximum absolute atomic E-state index is 12.9. The van der Waals surface area contributed by atoms with Gasteiger partial charge in [0.1, 0.15) is 23.2 Å². The summed E-state index contributed by atoms with van der Waals surface area (Å²) >= 11 is 3.37. The van der Waals surface area contributed by atoms with E-state index in [9.17, 15) is 19.6 Å². The Bertz CT molecular complexity index is 1230. The summed E-state index contributed by atoms with van der Waals surface area (Å²) in [6, 6.07) is 10.4. The minimum atomic E-state index is -0.581. The van der Waals surface area contributed by atoms with Gasteiger partial charge in [0.15, 0.2) is 0 Å². The molecule has 0 saturated heterocycles. The largest absolute Gasteiger partial charge is 0.459 e. The number of amides is 2. The van der Waals surface area contributed by atoms with Gasteiger partial charge in [0.25, 0.3) is 11.8 Å². The SMILES string of the molecule is CCCN1C(=O)C(C#N)=C(C)/C(=C\c2ccc(-c3ccc(Br)cc3C(=O)OC(C)C)o2)C1=O. The highest BCUT2D eigenvalue weighted by Crippen LogP contribution is 2.32. The lowest BCUT2D eigenvalue weighted by Gasteiger charge is -2.26. The van der Waals surface area contributed by atoms with Crippen molar-refractivity contribution in [2.75, 3.05) is 6.54 Å². The van der Waals surface area contributed by atoms with E-state index in [2.05, 4.69) is 15.9 Å². The molecule has 1 aromatic carbocycles. The van der Waals surface area contributed by atoms with Crippen LogP contribution in [0.2, 0.25) is 0 Å². The number of hydrogen-bond donors (Lipinski definition) is 0. The van der Waals surface area contributed by atoms with Crippen LogP contribution in [0.15, 0.2) is 55.9 Å². The number of carbonyl (C=O) groups excluding carboxylic acids is 3. The van der Waals surface area contributed by atoms with Crippen LogP contribution < -0.4 is 0 Å². The molecule has 0 aliphatic carbocycles.